The number of para-hydroxylation sites is 1. The molecule has 1 aromatic heterocycles. The Morgan fingerprint density at radius 3 is 2.57 bits per heavy atom. The second-order valence-corrected chi connectivity index (χ2v) is 4.55. The Morgan fingerprint density at radius 1 is 1.21 bits per heavy atom. The van der Waals surface area contributed by atoms with Gasteiger partial charge in [-0.15, -0.1) is 0 Å². The van der Waals surface area contributed by atoms with Crippen LogP contribution in [0.15, 0.2) is 28.9 Å². The number of benzene rings is 1. The molecule has 74 valence electrons. The maximum atomic E-state index is 9.56. The molecule has 0 fully saturated rings. The summed E-state index contributed by atoms with van der Waals surface area (Å²) in [4.78, 5) is 0. The van der Waals surface area contributed by atoms with E-state index in [2.05, 4.69) is 20.8 Å². The zero-order valence-corrected chi connectivity index (χ0v) is 8.66. The number of fused-ring (bicyclic) bond motifs is 1. The highest BCUT2D eigenvalue weighted by Gasteiger charge is 2.20. The van der Waals surface area contributed by atoms with Gasteiger partial charge in [0.25, 0.3) is 0 Å². The molecule has 2 heteroatoms. The lowest BCUT2D eigenvalue weighted by molar-refractivity contribution is 0.464. The first-order valence-electron chi connectivity index (χ1n) is 4.70. The molecule has 0 unspecified atom stereocenters. The number of hydrogen-bond acceptors (Lipinski definition) is 2. The van der Waals surface area contributed by atoms with Crippen molar-refractivity contribution in [2.24, 2.45) is 0 Å². The highest BCUT2D eigenvalue weighted by molar-refractivity contribution is 5.86. The number of phenolic OH excluding ortho intramolecular Hbond substituents is 1. The van der Waals surface area contributed by atoms with Crippen LogP contribution < -0.4 is 0 Å². The zero-order valence-electron chi connectivity index (χ0n) is 8.66. The second-order valence-electron chi connectivity index (χ2n) is 4.55. The molecule has 2 rings (SSSR count). The Morgan fingerprint density at radius 2 is 1.93 bits per heavy atom. The van der Waals surface area contributed by atoms with Gasteiger partial charge in [-0.2, -0.15) is 0 Å². The summed E-state index contributed by atoms with van der Waals surface area (Å²) < 4.78 is 5.36. The summed E-state index contributed by atoms with van der Waals surface area (Å²) in [7, 11) is 0. The van der Waals surface area contributed by atoms with Crippen molar-refractivity contribution in [1.29, 1.82) is 0 Å². The van der Waals surface area contributed by atoms with Gasteiger partial charge in [0.1, 0.15) is 0 Å². The van der Waals surface area contributed by atoms with E-state index in [0.717, 1.165) is 10.9 Å². The summed E-state index contributed by atoms with van der Waals surface area (Å²) >= 11 is 0. The van der Waals surface area contributed by atoms with E-state index in [-0.39, 0.29) is 11.2 Å². The molecular weight excluding hydrogens is 176 g/mol. The smallest absolute Gasteiger partial charge is 0.175 e. The standard InChI is InChI=1S/C12H14O2/c1-12(2,3)9-7-14-11-8(9)5-4-6-10(11)13/h4-7,13H,1-3H3. The molecule has 0 aliphatic heterocycles. The number of rotatable bonds is 0. The number of phenols is 1. The minimum atomic E-state index is 0.0407. The first-order chi connectivity index (χ1) is 6.50. The number of hydrogen-bond donors (Lipinski definition) is 1. The van der Waals surface area contributed by atoms with Crippen molar-refractivity contribution >= 4 is 11.0 Å². The highest BCUT2D eigenvalue weighted by atomic mass is 16.3. The van der Waals surface area contributed by atoms with Gasteiger partial charge in [-0.1, -0.05) is 32.9 Å². The average molecular weight is 190 g/mol. The third kappa shape index (κ3) is 1.27. The van der Waals surface area contributed by atoms with Crippen LogP contribution in [-0.4, -0.2) is 5.11 Å². The van der Waals surface area contributed by atoms with Crippen molar-refractivity contribution in [3.63, 3.8) is 0 Å². The Hall–Kier alpha value is -1.44. The van der Waals surface area contributed by atoms with Crippen LogP contribution in [0.1, 0.15) is 26.3 Å². The molecule has 2 aromatic rings. The summed E-state index contributed by atoms with van der Waals surface area (Å²) in [5.74, 6) is 0.206. The van der Waals surface area contributed by atoms with Crippen molar-refractivity contribution in [2.75, 3.05) is 0 Å². The third-order valence-corrected chi connectivity index (χ3v) is 2.39. The van der Waals surface area contributed by atoms with Crippen molar-refractivity contribution in [1.82, 2.24) is 0 Å². The fourth-order valence-corrected chi connectivity index (χ4v) is 1.62. The zero-order chi connectivity index (χ0) is 10.3. The lowest BCUT2D eigenvalue weighted by Crippen LogP contribution is -2.09. The third-order valence-electron chi connectivity index (χ3n) is 2.39. The minimum Gasteiger partial charge on any atom is -0.504 e. The van der Waals surface area contributed by atoms with Crippen molar-refractivity contribution in [3.05, 3.63) is 30.0 Å². The van der Waals surface area contributed by atoms with Gasteiger partial charge in [0.05, 0.1) is 6.26 Å². The van der Waals surface area contributed by atoms with E-state index in [0.29, 0.717) is 5.58 Å². The quantitative estimate of drug-likeness (QED) is 0.690. The highest BCUT2D eigenvalue weighted by Crippen LogP contribution is 2.35. The lowest BCUT2D eigenvalue weighted by Gasteiger charge is -2.16. The van der Waals surface area contributed by atoms with Crippen molar-refractivity contribution < 1.29 is 9.52 Å². The molecule has 0 aliphatic carbocycles. The van der Waals surface area contributed by atoms with Gasteiger partial charge in [-0.25, -0.2) is 0 Å². The van der Waals surface area contributed by atoms with Crippen LogP contribution in [0.25, 0.3) is 11.0 Å². The van der Waals surface area contributed by atoms with E-state index in [4.69, 9.17) is 4.42 Å². The van der Waals surface area contributed by atoms with Gasteiger partial charge in [-0.3, -0.25) is 0 Å². The number of furan rings is 1. The van der Waals surface area contributed by atoms with E-state index >= 15 is 0 Å². The summed E-state index contributed by atoms with van der Waals surface area (Å²) in [6, 6.07) is 5.44. The minimum absolute atomic E-state index is 0.0407. The SMILES string of the molecule is CC(C)(C)c1coc2c(O)cccc12. The maximum Gasteiger partial charge on any atom is 0.175 e. The van der Waals surface area contributed by atoms with Crippen LogP contribution in [0.4, 0.5) is 0 Å². The van der Waals surface area contributed by atoms with Crippen LogP contribution in [0.5, 0.6) is 5.75 Å². The molecular formula is C12H14O2. The topological polar surface area (TPSA) is 33.4 Å². The van der Waals surface area contributed by atoms with E-state index in [1.165, 1.54) is 0 Å². The Bertz CT molecular complexity index is 461. The van der Waals surface area contributed by atoms with Gasteiger partial charge < -0.3 is 9.52 Å². The Kier molecular flexibility index (Phi) is 1.81. The molecule has 0 saturated carbocycles. The predicted octanol–water partition coefficient (Wildman–Crippen LogP) is 3.44. The Balaban J connectivity index is 2.76. The van der Waals surface area contributed by atoms with Gasteiger partial charge in [0.15, 0.2) is 11.3 Å². The molecule has 0 bridgehead atoms. The van der Waals surface area contributed by atoms with Crippen LogP contribution >= 0.6 is 0 Å². The Labute approximate surface area is 83.2 Å². The average Bonchev–Trinajstić information content (AvgIpc) is 2.47. The van der Waals surface area contributed by atoms with Gasteiger partial charge in [0, 0.05) is 10.9 Å². The number of aromatic hydroxyl groups is 1. The molecule has 0 aliphatic rings. The molecule has 0 spiro atoms. The molecule has 1 heterocycles. The first-order valence-corrected chi connectivity index (χ1v) is 4.70. The molecule has 0 atom stereocenters. The van der Waals surface area contributed by atoms with Gasteiger partial charge in [-0.05, 0) is 11.5 Å². The van der Waals surface area contributed by atoms with Gasteiger partial charge >= 0.3 is 0 Å². The van der Waals surface area contributed by atoms with Crippen LogP contribution in [-0.2, 0) is 5.41 Å². The molecule has 2 nitrogen and oxygen atoms in total. The molecule has 0 saturated heterocycles. The van der Waals surface area contributed by atoms with Crippen LogP contribution in [0.2, 0.25) is 0 Å². The summed E-state index contributed by atoms with van der Waals surface area (Å²) in [5.41, 5.74) is 1.75. The predicted molar refractivity (Wildman–Crippen MR) is 56.6 cm³/mol. The van der Waals surface area contributed by atoms with Crippen LogP contribution in [0, 0.1) is 0 Å². The largest absolute Gasteiger partial charge is 0.504 e. The first kappa shape index (κ1) is 9.13. The van der Waals surface area contributed by atoms with E-state index in [9.17, 15) is 5.11 Å². The van der Waals surface area contributed by atoms with E-state index in [1.807, 2.05) is 12.1 Å². The van der Waals surface area contributed by atoms with Crippen molar-refractivity contribution in [3.8, 4) is 5.75 Å². The normalized spacial score (nSPS) is 12.2. The van der Waals surface area contributed by atoms with Gasteiger partial charge in [0.2, 0.25) is 0 Å². The molecule has 0 radical (unpaired) electrons. The van der Waals surface area contributed by atoms with Crippen molar-refractivity contribution in [2.45, 2.75) is 26.2 Å². The van der Waals surface area contributed by atoms with E-state index in [1.54, 1.807) is 12.3 Å². The molecule has 14 heavy (non-hydrogen) atoms. The fourth-order valence-electron chi connectivity index (χ4n) is 1.62. The molecule has 1 N–H and O–H groups in total. The summed E-state index contributed by atoms with van der Waals surface area (Å²) in [6.07, 6.45) is 1.73. The fraction of sp³-hybridized carbons (Fsp3) is 0.333. The van der Waals surface area contributed by atoms with Crippen LogP contribution in [0.3, 0.4) is 0 Å². The maximum absolute atomic E-state index is 9.56. The summed E-state index contributed by atoms with van der Waals surface area (Å²) in [6.45, 7) is 6.38. The summed E-state index contributed by atoms with van der Waals surface area (Å²) in [5, 5.41) is 10.6. The second kappa shape index (κ2) is 2.77. The monoisotopic (exact) mass is 190 g/mol. The molecule has 1 aromatic carbocycles. The molecule has 0 amide bonds. The van der Waals surface area contributed by atoms with E-state index < -0.39 is 0 Å². The lowest BCUT2D eigenvalue weighted by atomic mass is 9.87.